The SMILES string of the molecule is Oc1cccc(Cc2ccccc2C(P)(c2ccccc2)c2ccccc2)c1. The van der Waals surface area contributed by atoms with E-state index in [4.69, 9.17) is 0 Å². The monoisotopic (exact) mass is 382 g/mol. The second kappa shape index (κ2) is 8.00. The van der Waals surface area contributed by atoms with Gasteiger partial charge in [-0.05, 0) is 46.4 Å². The van der Waals surface area contributed by atoms with Crippen molar-refractivity contribution < 1.29 is 5.11 Å². The van der Waals surface area contributed by atoms with Crippen LogP contribution in [0.4, 0.5) is 0 Å². The van der Waals surface area contributed by atoms with E-state index in [1.54, 1.807) is 6.07 Å². The molecule has 0 aliphatic rings. The molecule has 0 bridgehead atoms. The van der Waals surface area contributed by atoms with Crippen LogP contribution in [0.2, 0.25) is 0 Å². The minimum Gasteiger partial charge on any atom is -0.508 e. The minimum absolute atomic E-state index is 0.304. The van der Waals surface area contributed by atoms with Gasteiger partial charge in [-0.2, -0.15) is 0 Å². The number of phenols is 1. The Kier molecular flexibility index (Phi) is 5.28. The topological polar surface area (TPSA) is 20.2 Å². The molecule has 0 aromatic heterocycles. The highest BCUT2D eigenvalue weighted by Gasteiger charge is 2.33. The molecule has 0 spiro atoms. The summed E-state index contributed by atoms with van der Waals surface area (Å²) in [5.74, 6) is 0.304. The summed E-state index contributed by atoms with van der Waals surface area (Å²) in [6.45, 7) is 0. The van der Waals surface area contributed by atoms with Gasteiger partial charge in [0, 0.05) is 0 Å². The third-order valence-electron chi connectivity index (χ3n) is 5.21. The number of phenolic OH excluding ortho intramolecular Hbond substituents is 1. The first-order valence-corrected chi connectivity index (χ1v) is 10.0. The van der Waals surface area contributed by atoms with Gasteiger partial charge in [-0.1, -0.05) is 97.1 Å². The Bertz CT molecular complexity index is 1020. The summed E-state index contributed by atoms with van der Waals surface area (Å²) < 4.78 is 0. The van der Waals surface area contributed by atoms with Crippen molar-refractivity contribution in [1.29, 1.82) is 0 Å². The van der Waals surface area contributed by atoms with Gasteiger partial charge in [0.2, 0.25) is 0 Å². The third-order valence-corrected chi connectivity index (χ3v) is 6.18. The number of aromatic hydroxyl groups is 1. The van der Waals surface area contributed by atoms with Gasteiger partial charge >= 0.3 is 0 Å². The number of hydrogen-bond acceptors (Lipinski definition) is 1. The highest BCUT2D eigenvalue weighted by molar-refractivity contribution is 7.19. The van der Waals surface area contributed by atoms with E-state index in [9.17, 15) is 5.11 Å². The molecule has 4 aromatic carbocycles. The molecule has 1 unspecified atom stereocenters. The van der Waals surface area contributed by atoms with Gasteiger partial charge in [-0.25, -0.2) is 0 Å². The number of rotatable bonds is 5. The van der Waals surface area contributed by atoms with E-state index in [1.165, 1.54) is 22.3 Å². The first kappa shape index (κ1) is 18.5. The Hall–Kier alpha value is -2.89. The van der Waals surface area contributed by atoms with Crippen molar-refractivity contribution >= 4 is 9.24 Å². The van der Waals surface area contributed by atoms with Crippen LogP contribution < -0.4 is 0 Å². The molecule has 0 amide bonds. The molecular weight excluding hydrogens is 359 g/mol. The molecule has 4 aromatic rings. The summed E-state index contributed by atoms with van der Waals surface area (Å²) in [5, 5.41) is 9.52. The van der Waals surface area contributed by atoms with Gasteiger partial charge in [0.15, 0.2) is 0 Å². The van der Waals surface area contributed by atoms with Crippen LogP contribution in [-0.4, -0.2) is 5.11 Å². The van der Waals surface area contributed by atoms with Gasteiger partial charge in [-0.3, -0.25) is 0 Å². The van der Waals surface area contributed by atoms with Crippen molar-refractivity contribution in [3.8, 4) is 5.75 Å². The number of benzene rings is 4. The predicted octanol–water partition coefficient (Wildman–Crippen LogP) is 6.15. The maximum atomic E-state index is 9.87. The molecule has 4 rings (SSSR count). The van der Waals surface area contributed by atoms with Crippen molar-refractivity contribution in [2.45, 2.75) is 11.6 Å². The zero-order valence-corrected chi connectivity index (χ0v) is 16.8. The van der Waals surface area contributed by atoms with Gasteiger partial charge in [0.25, 0.3) is 0 Å². The largest absolute Gasteiger partial charge is 0.508 e. The molecule has 1 nitrogen and oxygen atoms in total. The lowest BCUT2D eigenvalue weighted by molar-refractivity contribution is 0.474. The molecule has 2 heteroatoms. The van der Waals surface area contributed by atoms with Crippen LogP contribution in [0.15, 0.2) is 109 Å². The van der Waals surface area contributed by atoms with E-state index in [0.29, 0.717) is 5.75 Å². The third kappa shape index (κ3) is 3.59. The van der Waals surface area contributed by atoms with E-state index in [2.05, 4.69) is 100 Å². The standard InChI is InChI=1S/C26H23OP/c27-24-16-9-10-20(19-24)18-21-11-7-8-17-25(21)26(28,22-12-3-1-4-13-22)23-14-5-2-6-15-23/h1-17,19,27H,18,28H2. The fourth-order valence-electron chi connectivity index (χ4n) is 3.83. The lowest BCUT2D eigenvalue weighted by atomic mass is 9.80. The predicted molar refractivity (Wildman–Crippen MR) is 120 cm³/mol. The molecule has 0 saturated carbocycles. The molecule has 1 atom stereocenters. The second-order valence-corrected chi connectivity index (χ2v) is 7.91. The minimum atomic E-state index is -0.351. The van der Waals surface area contributed by atoms with E-state index < -0.39 is 0 Å². The van der Waals surface area contributed by atoms with Gasteiger partial charge < -0.3 is 5.11 Å². The molecule has 0 radical (unpaired) electrons. The molecule has 0 aliphatic heterocycles. The summed E-state index contributed by atoms with van der Waals surface area (Å²) in [6.07, 6.45) is 0.764. The maximum absolute atomic E-state index is 9.87. The normalized spacial score (nSPS) is 11.3. The van der Waals surface area contributed by atoms with Crippen molar-refractivity contribution in [2.24, 2.45) is 0 Å². The second-order valence-electron chi connectivity index (χ2n) is 7.04. The Morgan fingerprint density at radius 1 is 0.643 bits per heavy atom. The van der Waals surface area contributed by atoms with Crippen molar-refractivity contribution in [1.82, 2.24) is 0 Å². The van der Waals surface area contributed by atoms with Crippen molar-refractivity contribution in [3.05, 3.63) is 137 Å². The van der Waals surface area contributed by atoms with Crippen LogP contribution in [0.1, 0.15) is 27.8 Å². The lowest BCUT2D eigenvalue weighted by Crippen LogP contribution is -2.23. The zero-order valence-electron chi connectivity index (χ0n) is 15.6. The van der Waals surface area contributed by atoms with E-state index in [-0.39, 0.29) is 5.16 Å². The summed E-state index contributed by atoms with van der Waals surface area (Å²) >= 11 is 0. The summed E-state index contributed by atoms with van der Waals surface area (Å²) in [5.41, 5.74) is 6.06. The number of hydrogen-bond donors (Lipinski definition) is 1. The fourth-order valence-corrected chi connectivity index (χ4v) is 4.49. The zero-order chi connectivity index (χ0) is 19.4. The highest BCUT2D eigenvalue weighted by atomic mass is 31.0. The maximum Gasteiger partial charge on any atom is 0.115 e. The Balaban J connectivity index is 1.89. The molecule has 0 heterocycles. The van der Waals surface area contributed by atoms with Crippen molar-refractivity contribution in [3.63, 3.8) is 0 Å². The van der Waals surface area contributed by atoms with Crippen LogP contribution in [0.25, 0.3) is 0 Å². The van der Waals surface area contributed by atoms with Crippen LogP contribution in [0.5, 0.6) is 5.75 Å². The van der Waals surface area contributed by atoms with Crippen LogP contribution in [0.3, 0.4) is 0 Å². The molecule has 138 valence electrons. The average molecular weight is 382 g/mol. The van der Waals surface area contributed by atoms with E-state index >= 15 is 0 Å². The van der Waals surface area contributed by atoms with Crippen molar-refractivity contribution in [2.75, 3.05) is 0 Å². The van der Waals surface area contributed by atoms with Gasteiger partial charge in [0.05, 0.1) is 5.16 Å². The van der Waals surface area contributed by atoms with E-state index in [1.807, 2.05) is 12.1 Å². The smallest absolute Gasteiger partial charge is 0.115 e. The molecular formula is C26H23OP. The molecule has 1 N–H and O–H groups in total. The summed E-state index contributed by atoms with van der Waals surface area (Å²) in [6, 6.07) is 37.3. The van der Waals surface area contributed by atoms with Gasteiger partial charge in [-0.15, -0.1) is 9.24 Å². The van der Waals surface area contributed by atoms with Crippen LogP contribution >= 0.6 is 9.24 Å². The first-order chi connectivity index (χ1) is 13.7. The summed E-state index contributed by atoms with van der Waals surface area (Å²) in [4.78, 5) is 0. The first-order valence-electron chi connectivity index (χ1n) is 9.44. The Labute approximate surface area is 168 Å². The summed E-state index contributed by atoms with van der Waals surface area (Å²) in [7, 11) is 3.12. The highest BCUT2D eigenvalue weighted by Crippen LogP contribution is 2.46. The molecule has 0 aliphatic carbocycles. The van der Waals surface area contributed by atoms with Gasteiger partial charge in [0.1, 0.15) is 5.75 Å². The molecule has 0 fully saturated rings. The van der Waals surface area contributed by atoms with E-state index in [0.717, 1.165) is 12.0 Å². The fraction of sp³-hybridized carbons (Fsp3) is 0.0769. The molecule has 28 heavy (non-hydrogen) atoms. The average Bonchev–Trinajstić information content (AvgIpc) is 2.75. The quantitative estimate of drug-likeness (QED) is 0.324. The Morgan fingerprint density at radius 3 is 1.82 bits per heavy atom. The van der Waals surface area contributed by atoms with Crippen LogP contribution in [0, 0.1) is 0 Å². The molecule has 0 saturated heterocycles. The van der Waals surface area contributed by atoms with Crippen LogP contribution in [-0.2, 0) is 11.6 Å². The Morgan fingerprint density at radius 2 is 1.21 bits per heavy atom. The lowest BCUT2D eigenvalue weighted by Gasteiger charge is -2.33.